The molecule has 3 aliphatic rings. The van der Waals surface area contributed by atoms with Gasteiger partial charge in [-0.2, -0.15) is 0 Å². The van der Waals surface area contributed by atoms with Gasteiger partial charge in [-0.05, 0) is 43.4 Å². The van der Waals surface area contributed by atoms with Crippen molar-refractivity contribution in [2.45, 2.75) is 50.3 Å². The molecule has 2 heterocycles. The maximum Gasteiger partial charge on any atom is 0.315 e. The molecule has 2 N–H and O–H groups in total. The Hall–Kier alpha value is -1.59. The van der Waals surface area contributed by atoms with Crippen molar-refractivity contribution in [1.29, 1.82) is 0 Å². The van der Waals surface area contributed by atoms with Crippen LogP contribution >= 0.6 is 0 Å². The standard InChI is InChI=1S/C19H27N3O2/c23-19(21-16-9-14-5-1-2-6-15(14)10-16)20-11-18-12-22-8-4-3-7-17(22)13-24-18/h1-2,5-6,16-18H,3-4,7-13H2,(H2,20,21,23)/t17-,18+/m1/s1. The number of ether oxygens (including phenoxy) is 1. The van der Waals surface area contributed by atoms with Crippen molar-refractivity contribution in [2.75, 3.05) is 26.2 Å². The zero-order valence-electron chi connectivity index (χ0n) is 14.2. The number of hydrogen-bond acceptors (Lipinski definition) is 3. The molecule has 2 aliphatic heterocycles. The van der Waals surface area contributed by atoms with Crippen LogP contribution in [0.25, 0.3) is 0 Å². The molecule has 2 amide bonds. The SMILES string of the molecule is O=C(NC[C@H]1CN2CCCC[C@@H]2CO1)NC1Cc2ccccc2C1. The third kappa shape index (κ3) is 3.57. The Morgan fingerprint density at radius 2 is 2.00 bits per heavy atom. The predicted molar refractivity (Wildman–Crippen MR) is 93.1 cm³/mol. The zero-order valence-corrected chi connectivity index (χ0v) is 14.2. The average Bonchev–Trinajstić information content (AvgIpc) is 3.02. The molecule has 5 heteroatoms. The van der Waals surface area contributed by atoms with Gasteiger partial charge in [-0.15, -0.1) is 0 Å². The molecule has 2 saturated heterocycles. The van der Waals surface area contributed by atoms with Gasteiger partial charge in [0.05, 0.1) is 12.7 Å². The lowest BCUT2D eigenvalue weighted by Gasteiger charge is -2.42. The fraction of sp³-hybridized carbons (Fsp3) is 0.632. The monoisotopic (exact) mass is 329 g/mol. The van der Waals surface area contributed by atoms with Crippen molar-refractivity contribution in [2.24, 2.45) is 0 Å². The molecular weight excluding hydrogens is 302 g/mol. The molecule has 4 rings (SSSR count). The van der Waals surface area contributed by atoms with E-state index in [-0.39, 0.29) is 18.2 Å². The maximum atomic E-state index is 12.2. The Bertz CT molecular complexity index is 567. The molecule has 1 aliphatic carbocycles. The lowest BCUT2D eigenvalue weighted by molar-refractivity contribution is -0.0723. The number of hydrogen-bond donors (Lipinski definition) is 2. The van der Waals surface area contributed by atoms with Gasteiger partial charge in [0.2, 0.25) is 0 Å². The molecule has 1 aromatic rings. The smallest absolute Gasteiger partial charge is 0.315 e. The second-order valence-corrected chi connectivity index (χ2v) is 7.33. The highest BCUT2D eigenvalue weighted by Gasteiger charge is 2.31. The van der Waals surface area contributed by atoms with Crippen LogP contribution in [0.5, 0.6) is 0 Å². The van der Waals surface area contributed by atoms with Crippen LogP contribution in [0.1, 0.15) is 30.4 Å². The van der Waals surface area contributed by atoms with Crippen LogP contribution < -0.4 is 10.6 Å². The summed E-state index contributed by atoms with van der Waals surface area (Å²) >= 11 is 0. The van der Waals surface area contributed by atoms with Gasteiger partial charge in [-0.1, -0.05) is 30.7 Å². The zero-order chi connectivity index (χ0) is 16.4. The highest BCUT2D eigenvalue weighted by molar-refractivity contribution is 5.74. The molecule has 1 aromatic carbocycles. The third-order valence-corrected chi connectivity index (χ3v) is 5.59. The van der Waals surface area contributed by atoms with E-state index in [0.29, 0.717) is 12.6 Å². The predicted octanol–water partition coefficient (Wildman–Crippen LogP) is 1.71. The fourth-order valence-corrected chi connectivity index (χ4v) is 4.28. The van der Waals surface area contributed by atoms with Crippen molar-refractivity contribution in [3.05, 3.63) is 35.4 Å². The highest BCUT2D eigenvalue weighted by atomic mass is 16.5. The lowest BCUT2D eigenvalue weighted by Crippen LogP contribution is -2.55. The van der Waals surface area contributed by atoms with Gasteiger partial charge in [0.1, 0.15) is 0 Å². The van der Waals surface area contributed by atoms with E-state index in [2.05, 4.69) is 39.8 Å². The quantitative estimate of drug-likeness (QED) is 0.888. The number of carbonyl (C=O) groups excluding carboxylic acids is 1. The molecule has 24 heavy (non-hydrogen) atoms. The normalized spacial score (nSPS) is 27.3. The molecule has 130 valence electrons. The van der Waals surface area contributed by atoms with Crippen LogP contribution in [0.4, 0.5) is 4.79 Å². The molecule has 0 unspecified atom stereocenters. The number of amides is 2. The summed E-state index contributed by atoms with van der Waals surface area (Å²) in [5, 5.41) is 6.10. The second kappa shape index (κ2) is 7.11. The summed E-state index contributed by atoms with van der Waals surface area (Å²) in [6.07, 6.45) is 5.84. The molecule has 0 radical (unpaired) electrons. The molecule has 0 spiro atoms. The van der Waals surface area contributed by atoms with Crippen LogP contribution in [-0.4, -0.2) is 55.4 Å². The van der Waals surface area contributed by atoms with Crippen molar-refractivity contribution in [1.82, 2.24) is 15.5 Å². The average molecular weight is 329 g/mol. The molecule has 2 fully saturated rings. The third-order valence-electron chi connectivity index (χ3n) is 5.59. The number of morpholine rings is 1. The van der Waals surface area contributed by atoms with E-state index < -0.39 is 0 Å². The number of nitrogens with zero attached hydrogens (tertiary/aromatic N) is 1. The Morgan fingerprint density at radius 3 is 2.79 bits per heavy atom. The number of fused-ring (bicyclic) bond motifs is 2. The highest BCUT2D eigenvalue weighted by Crippen LogP contribution is 2.22. The van der Waals surface area contributed by atoms with Gasteiger partial charge in [0.25, 0.3) is 0 Å². The van der Waals surface area contributed by atoms with Crippen molar-refractivity contribution in [3.8, 4) is 0 Å². The summed E-state index contributed by atoms with van der Waals surface area (Å²) in [6, 6.07) is 9.17. The first-order valence-corrected chi connectivity index (χ1v) is 9.25. The van der Waals surface area contributed by atoms with E-state index in [1.165, 1.54) is 36.9 Å². The van der Waals surface area contributed by atoms with Gasteiger partial charge in [-0.3, -0.25) is 4.90 Å². The molecular formula is C19H27N3O2. The van der Waals surface area contributed by atoms with E-state index in [4.69, 9.17) is 4.74 Å². The summed E-state index contributed by atoms with van der Waals surface area (Å²) in [7, 11) is 0. The lowest BCUT2D eigenvalue weighted by atomic mass is 10.0. The number of carbonyl (C=O) groups is 1. The van der Waals surface area contributed by atoms with Crippen LogP contribution in [0.2, 0.25) is 0 Å². The van der Waals surface area contributed by atoms with Gasteiger partial charge < -0.3 is 15.4 Å². The minimum atomic E-state index is -0.0721. The molecule has 0 bridgehead atoms. The number of benzene rings is 1. The van der Waals surface area contributed by atoms with Crippen LogP contribution in [0.3, 0.4) is 0 Å². The van der Waals surface area contributed by atoms with E-state index in [0.717, 1.165) is 26.0 Å². The number of rotatable bonds is 3. The van der Waals surface area contributed by atoms with Crippen LogP contribution in [0.15, 0.2) is 24.3 Å². The minimum absolute atomic E-state index is 0.0721. The Labute approximate surface area is 143 Å². The molecule has 0 aromatic heterocycles. The number of urea groups is 1. The summed E-state index contributed by atoms with van der Waals surface area (Å²) in [5.74, 6) is 0. The van der Waals surface area contributed by atoms with Crippen molar-refractivity contribution >= 4 is 6.03 Å². The Morgan fingerprint density at radius 1 is 1.21 bits per heavy atom. The van der Waals surface area contributed by atoms with Gasteiger partial charge in [-0.25, -0.2) is 4.79 Å². The fourth-order valence-electron chi connectivity index (χ4n) is 4.28. The summed E-state index contributed by atoms with van der Waals surface area (Å²) in [5.41, 5.74) is 2.71. The number of piperidine rings is 1. The number of nitrogens with one attached hydrogen (secondary N) is 2. The van der Waals surface area contributed by atoms with Gasteiger partial charge in [0, 0.05) is 25.2 Å². The summed E-state index contributed by atoms with van der Waals surface area (Å²) in [6.45, 7) is 3.53. The molecule has 2 atom stereocenters. The minimum Gasteiger partial charge on any atom is -0.373 e. The van der Waals surface area contributed by atoms with E-state index >= 15 is 0 Å². The summed E-state index contributed by atoms with van der Waals surface area (Å²) < 4.78 is 5.93. The van der Waals surface area contributed by atoms with Gasteiger partial charge >= 0.3 is 6.03 Å². The molecule has 5 nitrogen and oxygen atoms in total. The summed E-state index contributed by atoms with van der Waals surface area (Å²) in [4.78, 5) is 14.7. The first-order chi connectivity index (χ1) is 11.8. The van der Waals surface area contributed by atoms with E-state index in [1.807, 2.05) is 0 Å². The maximum absolute atomic E-state index is 12.2. The largest absolute Gasteiger partial charge is 0.373 e. The Balaban J connectivity index is 1.20. The molecule has 0 saturated carbocycles. The van der Waals surface area contributed by atoms with Crippen molar-refractivity contribution < 1.29 is 9.53 Å². The van der Waals surface area contributed by atoms with Gasteiger partial charge in [0.15, 0.2) is 0 Å². The first kappa shape index (κ1) is 15.9. The van der Waals surface area contributed by atoms with E-state index in [9.17, 15) is 4.79 Å². The van der Waals surface area contributed by atoms with Crippen LogP contribution in [-0.2, 0) is 17.6 Å². The first-order valence-electron chi connectivity index (χ1n) is 9.25. The van der Waals surface area contributed by atoms with Crippen molar-refractivity contribution in [3.63, 3.8) is 0 Å². The topological polar surface area (TPSA) is 53.6 Å². The Kier molecular flexibility index (Phi) is 4.72. The van der Waals surface area contributed by atoms with E-state index in [1.54, 1.807) is 0 Å². The van der Waals surface area contributed by atoms with Crippen LogP contribution in [0, 0.1) is 0 Å². The second-order valence-electron chi connectivity index (χ2n) is 7.33.